The van der Waals surface area contributed by atoms with Crippen molar-refractivity contribution in [2.45, 2.75) is 32.2 Å². The normalized spacial score (nSPS) is 22.0. The van der Waals surface area contributed by atoms with Crippen LogP contribution in [0.25, 0.3) is 0 Å². The van der Waals surface area contributed by atoms with Crippen molar-refractivity contribution in [1.82, 2.24) is 15.5 Å². The molecule has 130 valence electrons. The molecule has 0 bridgehead atoms. The van der Waals surface area contributed by atoms with Gasteiger partial charge in [0.1, 0.15) is 11.8 Å². The number of likely N-dealkylation sites (tertiary alicyclic amines) is 1. The average molecular weight is 333 g/mol. The largest absolute Gasteiger partial charge is 0.467 e. The minimum absolute atomic E-state index is 0.276. The highest BCUT2D eigenvalue weighted by atomic mass is 16.5. The maximum atomic E-state index is 12.5. The van der Waals surface area contributed by atoms with Crippen molar-refractivity contribution in [3.05, 3.63) is 35.4 Å². The Kier molecular flexibility index (Phi) is 5.20. The SMILES string of the molecule is CCOC(=O)C1=C(CN2CCCCC2)NC(=O)N[C@@H]1c1ccco1. The van der Waals surface area contributed by atoms with Crippen molar-refractivity contribution in [1.29, 1.82) is 0 Å². The summed E-state index contributed by atoms with van der Waals surface area (Å²) in [4.78, 5) is 26.9. The van der Waals surface area contributed by atoms with E-state index >= 15 is 0 Å². The Bertz CT molecular complexity index is 618. The Hall–Kier alpha value is -2.28. The molecule has 0 saturated carbocycles. The van der Waals surface area contributed by atoms with Gasteiger partial charge in [-0.15, -0.1) is 0 Å². The van der Waals surface area contributed by atoms with Crippen LogP contribution in [0.3, 0.4) is 0 Å². The molecule has 1 aromatic rings. The van der Waals surface area contributed by atoms with E-state index in [9.17, 15) is 9.59 Å². The lowest BCUT2D eigenvalue weighted by molar-refractivity contribution is -0.139. The van der Waals surface area contributed by atoms with E-state index in [1.54, 1.807) is 19.1 Å². The molecule has 0 aromatic carbocycles. The molecule has 1 saturated heterocycles. The van der Waals surface area contributed by atoms with Gasteiger partial charge in [0, 0.05) is 12.2 Å². The summed E-state index contributed by atoms with van der Waals surface area (Å²) in [6, 6.07) is 2.51. The summed E-state index contributed by atoms with van der Waals surface area (Å²) in [5.41, 5.74) is 1.01. The molecule has 0 radical (unpaired) electrons. The fourth-order valence-corrected chi connectivity index (χ4v) is 3.20. The molecule has 2 amide bonds. The lowest BCUT2D eigenvalue weighted by Gasteiger charge is -2.32. The minimum atomic E-state index is -0.632. The van der Waals surface area contributed by atoms with Gasteiger partial charge in [-0.25, -0.2) is 9.59 Å². The van der Waals surface area contributed by atoms with Crippen LogP contribution in [0.15, 0.2) is 34.1 Å². The molecule has 2 aliphatic heterocycles. The summed E-state index contributed by atoms with van der Waals surface area (Å²) in [5.74, 6) is 0.0856. The van der Waals surface area contributed by atoms with Crippen LogP contribution in [0.1, 0.15) is 38.0 Å². The van der Waals surface area contributed by atoms with Crippen LogP contribution >= 0.6 is 0 Å². The molecule has 1 atom stereocenters. The van der Waals surface area contributed by atoms with Gasteiger partial charge >= 0.3 is 12.0 Å². The fourth-order valence-electron chi connectivity index (χ4n) is 3.20. The summed E-state index contributed by atoms with van der Waals surface area (Å²) >= 11 is 0. The molecule has 0 unspecified atom stereocenters. The second-order valence-electron chi connectivity index (χ2n) is 6.00. The van der Waals surface area contributed by atoms with Crippen LogP contribution < -0.4 is 10.6 Å². The lowest BCUT2D eigenvalue weighted by atomic mass is 9.99. The van der Waals surface area contributed by atoms with Gasteiger partial charge in [0.25, 0.3) is 0 Å². The number of rotatable bonds is 5. The number of piperidine rings is 1. The summed E-state index contributed by atoms with van der Waals surface area (Å²) in [6.45, 7) is 4.50. The number of esters is 1. The topological polar surface area (TPSA) is 83.8 Å². The summed E-state index contributed by atoms with van der Waals surface area (Å²) in [6.07, 6.45) is 5.02. The average Bonchev–Trinajstić information content (AvgIpc) is 3.10. The lowest BCUT2D eigenvalue weighted by Crippen LogP contribution is -2.48. The number of amides is 2. The van der Waals surface area contributed by atoms with Crippen LogP contribution in [-0.2, 0) is 9.53 Å². The van der Waals surface area contributed by atoms with E-state index in [4.69, 9.17) is 9.15 Å². The maximum absolute atomic E-state index is 12.5. The fraction of sp³-hybridized carbons (Fsp3) is 0.529. The quantitative estimate of drug-likeness (QED) is 0.805. The molecule has 7 nitrogen and oxygen atoms in total. The van der Waals surface area contributed by atoms with E-state index in [0.29, 0.717) is 23.6 Å². The van der Waals surface area contributed by atoms with Crippen LogP contribution in [0.4, 0.5) is 4.79 Å². The van der Waals surface area contributed by atoms with Gasteiger partial charge in [0.15, 0.2) is 0 Å². The third-order valence-electron chi connectivity index (χ3n) is 4.31. The predicted octanol–water partition coefficient (Wildman–Crippen LogP) is 1.94. The van der Waals surface area contributed by atoms with Gasteiger partial charge in [-0.3, -0.25) is 4.90 Å². The first-order chi connectivity index (χ1) is 11.7. The molecular formula is C17H23N3O4. The molecule has 0 spiro atoms. The van der Waals surface area contributed by atoms with Crippen molar-refractivity contribution in [3.8, 4) is 0 Å². The second-order valence-corrected chi connectivity index (χ2v) is 6.00. The number of carbonyl (C=O) groups excluding carboxylic acids is 2. The first-order valence-corrected chi connectivity index (χ1v) is 8.42. The highest BCUT2D eigenvalue weighted by Crippen LogP contribution is 2.28. The van der Waals surface area contributed by atoms with Crippen molar-refractivity contribution in [2.75, 3.05) is 26.2 Å². The third kappa shape index (κ3) is 3.62. The molecule has 24 heavy (non-hydrogen) atoms. The van der Waals surface area contributed by atoms with Crippen molar-refractivity contribution in [2.24, 2.45) is 0 Å². The summed E-state index contributed by atoms with van der Waals surface area (Å²) in [5, 5.41) is 5.54. The van der Waals surface area contributed by atoms with E-state index < -0.39 is 12.0 Å². The molecule has 1 fully saturated rings. The van der Waals surface area contributed by atoms with Gasteiger partial charge in [0.2, 0.25) is 0 Å². The number of nitrogens with zero attached hydrogens (tertiary/aromatic N) is 1. The zero-order valence-corrected chi connectivity index (χ0v) is 13.8. The molecule has 2 N–H and O–H groups in total. The Balaban J connectivity index is 1.93. The smallest absolute Gasteiger partial charge is 0.338 e. The van der Waals surface area contributed by atoms with Crippen molar-refractivity contribution in [3.63, 3.8) is 0 Å². The molecule has 1 aromatic heterocycles. The number of hydrogen-bond acceptors (Lipinski definition) is 5. The van der Waals surface area contributed by atoms with E-state index in [1.165, 1.54) is 12.7 Å². The second kappa shape index (κ2) is 7.53. The van der Waals surface area contributed by atoms with Crippen molar-refractivity contribution >= 4 is 12.0 Å². The van der Waals surface area contributed by atoms with Crippen LogP contribution in [0.2, 0.25) is 0 Å². The van der Waals surface area contributed by atoms with Gasteiger partial charge in [-0.05, 0) is 45.0 Å². The van der Waals surface area contributed by atoms with E-state index in [1.807, 2.05) is 0 Å². The van der Waals surface area contributed by atoms with Gasteiger partial charge < -0.3 is 19.8 Å². The Morgan fingerprint density at radius 3 is 2.83 bits per heavy atom. The van der Waals surface area contributed by atoms with Crippen LogP contribution in [0.5, 0.6) is 0 Å². The number of carbonyl (C=O) groups is 2. The Morgan fingerprint density at radius 1 is 1.38 bits per heavy atom. The monoisotopic (exact) mass is 333 g/mol. The first-order valence-electron chi connectivity index (χ1n) is 8.42. The first kappa shape index (κ1) is 16.6. The molecule has 0 aliphatic carbocycles. The summed E-state index contributed by atoms with van der Waals surface area (Å²) in [7, 11) is 0. The van der Waals surface area contributed by atoms with Gasteiger partial charge in [0.05, 0.1) is 18.4 Å². The van der Waals surface area contributed by atoms with Crippen molar-refractivity contribution < 1.29 is 18.7 Å². The molecule has 2 aliphatic rings. The van der Waals surface area contributed by atoms with Crippen LogP contribution in [-0.4, -0.2) is 43.1 Å². The van der Waals surface area contributed by atoms with E-state index in [0.717, 1.165) is 25.9 Å². The number of hydrogen-bond donors (Lipinski definition) is 2. The maximum Gasteiger partial charge on any atom is 0.338 e. The Labute approximate surface area is 141 Å². The number of ether oxygens (including phenoxy) is 1. The minimum Gasteiger partial charge on any atom is -0.467 e. The number of furan rings is 1. The zero-order chi connectivity index (χ0) is 16.9. The van der Waals surface area contributed by atoms with E-state index in [-0.39, 0.29) is 12.6 Å². The summed E-state index contributed by atoms with van der Waals surface area (Å²) < 4.78 is 10.6. The standard InChI is InChI=1S/C17H23N3O4/c1-2-23-16(21)14-12(11-20-8-4-3-5-9-20)18-17(22)19-15(14)13-7-6-10-24-13/h6-7,10,15H,2-5,8-9,11H2,1H3,(H2,18,19,22)/t15-/m1/s1. The van der Waals surface area contributed by atoms with Gasteiger partial charge in [-0.2, -0.15) is 0 Å². The van der Waals surface area contributed by atoms with Crippen LogP contribution in [0, 0.1) is 0 Å². The highest BCUT2D eigenvalue weighted by Gasteiger charge is 2.35. The zero-order valence-electron chi connectivity index (χ0n) is 13.8. The molecular weight excluding hydrogens is 310 g/mol. The molecule has 7 heteroatoms. The number of urea groups is 1. The highest BCUT2D eigenvalue weighted by molar-refractivity contribution is 5.95. The predicted molar refractivity (Wildman–Crippen MR) is 87.1 cm³/mol. The van der Waals surface area contributed by atoms with E-state index in [2.05, 4.69) is 15.5 Å². The van der Waals surface area contributed by atoms with Gasteiger partial charge in [-0.1, -0.05) is 6.42 Å². The third-order valence-corrected chi connectivity index (χ3v) is 4.31. The molecule has 3 rings (SSSR count). The molecule has 3 heterocycles. The Morgan fingerprint density at radius 2 is 2.17 bits per heavy atom. The number of nitrogens with one attached hydrogen (secondary N) is 2.